The second-order valence-corrected chi connectivity index (χ2v) is 5.89. The molecule has 1 N–H and O–H groups in total. The van der Waals surface area contributed by atoms with E-state index in [-0.39, 0.29) is 11.6 Å². The molecule has 0 radical (unpaired) electrons. The van der Waals surface area contributed by atoms with Crippen LogP contribution >= 0.6 is 0 Å². The highest BCUT2D eigenvalue weighted by molar-refractivity contribution is 6.31. The number of aromatic amines is 1. The van der Waals surface area contributed by atoms with Gasteiger partial charge in [-0.1, -0.05) is 30.3 Å². The molecule has 2 heterocycles. The number of carbonyl (C=O) groups excluding carboxylic acids is 2. The van der Waals surface area contributed by atoms with E-state index in [1.165, 1.54) is 0 Å². The lowest BCUT2D eigenvalue weighted by Crippen LogP contribution is -2.21. The zero-order valence-corrected chi connectivity index (χ0v) is 13.0. The normalized spacial score (nSPS) is 13.0. The molecule has 0 saturated heterocycles. The van der Waals surface area contributed by atoms with Crippen LogP contribution < -0.4 is 0 Å². The molecule has 0 saturated carbocycles. The molecular weight excluding hydrogens is 314 g/mol. The van der Waals surface area contributed by atoms with E-state index in [0.29, 0.717) is 44.8 Å². The van der Waals surface area contributed by atoms with Gasteiger partial charge in [-0.15, -0.1) is 0 Å². The van der Waals surface area contributed by atoms with Gasteiger partial charge in [-0.25, -0.2) is 4.98 Å². The van der Waals surface area contributed by atoms with Crippen molar-refractivity contribution in [3.05, 3.63) is 83.0 Å². The number of ketones is 2. The third kappa shape index (κ3) is 1.89. The van der Waals surface area contributed by atoms with Crippen molar-refractivity contribution in [3.8, 4) is 11.5 Å². The first-order chi connectivity index (χ1) is 12.2. The van der Waals surface area contributed by atoms with Crippen LogP contribution in [0.1, 0.15) is 31.8 Å². The number of hydrogen-bond acceptors (Lipinski definition) is 4. The summed E-state index contributed by atoms with van der Waals surface area (Å²) in [4.78, 5) is 37.8. The lowest BCUT2D eigenvalue weighted by Gasteiger charge is -2.17. The number of fused-ring (bicyclic) bond motifs is 4. The van der Waals surface area contributed by atoms with E-state index in [1.54, 1.807) is 42.6 Å². The summed E-state index contributed by atoms with van der Waals surface area (Å²) in [6.45, 7) is 0. The SMILES string of the molecule is O=C1c2ccccc2C(=O)c2c1ccc1[nH]c(-c3ccccn3)nc21. The van der Waals surface area contributed by atoms with E-state index in [2.05, 4.69) is 15.0 Å². The highest BCUT2D eigenvalue weighted by atomic mass is 16.1. The Morgan fingerprint density at radius 1 is 0.760 bits per heavy atom. The molecule has 25 heavy (non-hydrogen) atoms. The molecule has 2 aromatic carbocycles. The molecular formula is C20H11N3O2. The number of benzene rings is 2. The Labute approximate surface area is 142 Å². The predicted molar refractivity (Wildman–Crippen MR) is 92.6 cm³/mol. The highest BCUT2D eigenvalue weighted by Crippen LogP contribution is 2.32. The third-order valence-corrected chi connectivity index (χ3v) is 4.45. The van der Waals surface area contributed by atoms with Gasteiger partial charge in [0.15, 0.2) is 17.4 Å². The summed E-state index contributed by atoms with van der Waals surface area (Å²) in [6, 6.07) is 15.9. The van der Waals surface area contributed by atoms with Crippen molar-refractivity contribution in [1.82, 2.24) is 15.0 Å². The fourth-order valence-electron chi connectivity index (χ4n) is 3.28. The number of hydrogen-bond donors (Lipinski definition) is 1. The van der Waals surface area contributed by atoms with Gasteiger partial charge in [-0.05, 0) is 24.3 Å². The molecule has 5 rings (SSSR count). The van der Waals surface area contributed by atoms with Crippen molar-refractivity contribution in [2.75, 3.05) is 0 Å². The van der Waals surface area contributed by atoms with E-state index < -0.39 is 0 Å². The number of aromatic nitrogens is 3. The van der Waals surface area contributed by atoms with E-state index in [9.17, 15) is 9.59 Å². The van der Waals surface area contributed by atoms with Gasteiger partial charge in [0.25, 0.3) is 0 Å². The average molecular weight is 325 g/mol. The van der Waals surface area contributed by atoms with Crippen LogP contribution in [0.3, 0.4) is 0 Å². The minimum atomic E-state index is -0.171. The van der Waals surface area contributed by atoms with Gasteiger partial charge in [-0.2, -0.15) is 0 Å². The second-order valence-electron chi connectivity index (χ2n) is 5.89. The second kappa shape index (κ2) is 4.95. The van der Waals surface area contributed by atoms with Crippen LogP contribution in [0, 0.1) is 0 Å². The smallest absolute Gasteiger partial charge is 0.196 e. The summed E-state index contributed by atoms with van der Waals surface area (Å²) in [5.41, 5.74) is 3.53. The number of imidazole rings is 1. The molecule has 0 bridgehead atoms. The first-order valence-electron chi connectivity index (χ1n) is 7.86. The molecule has 4 aromatic rings. The molecule has 2 aromatic heterocycles. The Balaban J connectivity index is 1.79. The Morgan fingerprint density at radius 3 is 2.28 bits per heavy atom. The fourth-order valence-corrected chi connectivity index (χ4v) is 3.28. The van der Waals surface area contributed by atoms with Crippen LogP contribution in [-0.4, -0.2) is 26.5 Å². The van der Waals surface area contributed by atoms with Crippen LogP contribution in [0.25, 0.3) is 22.6 Å². The number of nitrogens with zero attached hydrogens (tertiary/aromatic N) is 2. The van der Waals surface area contributed by atoms with Crippen LogP contribution in [0.2, 0.25) is 0 Å². The Kier molecular flexibility index (Phi) is 2.73. The molecule has 0 atom stereocenters. The summed E-state index contributed by atoms with van der Waals surface area (Å²) >= 11 is 0. The van der Waals surface area contributed by atoms with Crippen molar-refractivity contribution in [2.45, 2.75) is 0 Å². The van der Waals surface area contributed by atoms with Crippen molar-refractivity contribution >= 4 is 22.6 Å². The summed E-state index contributed by atoms with van der Waals surface area (Å²) < 4.78 is 0. The number of pyridine rings is 1. The first kappa shape index (κ1) is 13.8. The van der Waals surface area contributed by atoms with E-state index in [0.717, 1.165) is 0 Å². The van der Waals surface area contributed by atoms with Crippen LogP contribution in [-0.2, 0) is 0 Å². The van der Waals surface area contributed by atoms with Crippen molar-refractivity contribution in [3.63, 3.8) is 0 Å². The van der Waals surface area contributed by atoms with Gasteiger partial charge in [0, 0.05) is 22.9 Å². The summed E-state index contributed by atoms with van der Waals surface area (Å²) in [5, 5.41) is 0. The molecule has 1 aliphatic carbocycles. The summed E-state index contributed by atoms with van der Waals surface area (Å²) in [7, 11) is 0. The van der Waals surface area contributed by atoms with Gasteiger partial charge in [0.05, 0.1) is 11.1 Å². The summed E-state index contributed by atoms with van der Waals surface area (Å²) in [5.74, 6) is 0.257. The molecule has 5 nitrogen and oxygen atoms in total. The Hall–Kier alpha value is -3.60. The van der Waals surface area contributed by atoms with Crippen LogP contribution in [0.15, 0.2) is 60.8 Å². The first-order valence-corrected chi connectivity index (χ1v) is 7.86. The molecule has 1 aliphatic rings. The number of rotatable bonds is 1. The van der Waals surface area contributed by atoms with Gasteiger partial charge >= 0.3 is 0 Å². The molecule has 0 amide bonds. The molecule has 0 aliphatic heterocycles. The van der Waals surface area contributed by atoms with Gasteiger partial charge in [-0.3, -0.25) is 14.6 Å². The van der Waals surface area contributed by atoms with Gasteiger partial charge in [0.2, 0.25) is 0 Å². The maximum Gasteiger partial charge on any atom is 0.196 e. The Bertz CT molecular complexity index is 1180. The van der Waals surface area contributed by atoms with E-state index in [4.69, 9.17) is 0 Å². The third-order valence-electron chi connectivity index (χ3n) is 4.45. The molecule has 0 spiro atoms. The lowest BCUT2D eigenvalue weighted by atomic mass is 9.83. The number of carbonyl (C=O) groups is 2. The lowest BCUT2D eigenvalue weighted by molar-refractivity contribution is 0.0980. The standard InChI is InChI=1S/C20H11N3O2/c24-18-11-5-1-2-6-12(11)19(25)16-13(18)8-9-14-17(16)23-20(22-14)15-7-3-4-10-21-15/h1-10H,(H,22,23). The quantitative estimate of drug-likeness (QED) is 0.512. The van der Waals surface area contributed by atoms with Crippen molar-refractivity contribution in [2.24, 2.45) is 0 Å². The topological polar surface area (TPSA) is 75.7 Å². The van der Waals surface area contributed by atoms with Crippen LogP contribution in [0.5, 0.6) is 0 Å². The predicted octanol–water partition coefficient (Wildman–Crippen LogP) is 3.40. The van der Waals surface area contributed by atoms with Crippen molar-refractivity contribution < 1.29 is 9.59 Å². The minimum absolute atomic E-state index is 0.144. The molecule has 5 heteroatoms. The summed E-state index contributed by atoms with van der Waals surface area (Å²) in [6.07, 6.45) is 1.68. The molecule has 0 unspecified atom stereocenters. The molecule has 118 valence electrons. The number of nitrogens with one attached hydrogen (secondary N) is 1. The highest BCUT2D eigenvalue weighted by Gasteiger charge is 2.32. The molecule has 0 fully saturated rings. The zero-order valence-electron chi connectivity index (χ0n) is 13.0. The fraction of sp³-hybridized carbons (Fsp3) is 0. The van der Waals surface area contributed by atoms with E-state index >= 15 is 0 Å². The van der Waals surface area contributed by atoms with Gasteiger partial charge < -0.3 is 4.98 Å². The number of H-pyrrole nitrogens is 1. The zero-order chi connectivity index (χ0) is 17.0. The van der Waals surface area contributed by atoms with E-state index in [1.807, 2.05) is 18.2 Å². The average Bonchev–Trinajstić information content (AvgIpc) is 3.10. The Morgan fingerprint density at radius 2 is 1.52 bits per heavy atom. The maximum absolute atomic E-state index is 13.0. The monoisotopic (exact) mass is 325 g/mol. The van der Waals surface area contributed by atoms with Crippen LogP contribution in [0.4, 0.5) is 0 Å². The van der Waals surface area contributed by atoms with Crippen molar-refractivity contribution in [1.29, 1.82) is 0 Å². The maximum atomic E-state index is 13.0. The van der Waals surface area contributed by atoms with Gasteiger partial charge in [0.1, 0.15) is 11.2 Å². The minimum Gasteiger partial charge on any atom is -0.337 e. The largest absolute Gasteiger partial charge is 0.337 e.